The van der Waals surface area contributed by atoms with Crippen LogP contribution in [0.3, 0.4) is 0 Å². The Kier molecular flexibility index (Phi) is 6.15. The van der Waals surface area contributed by atoms with Gasteiger partial charge in [0.15, 0.2) is 0 Å². The maximum atomic E-state index is 10.5. The fourth-order valence-electron chi connectivity index (χ4n) is 0.821. The minimum absolute atomic E-state index is 0. The van der Waals surface area contributed by atoms with Crippen LogP contribution in [0.4, 0.5) is 0 Å². The second-order valence-corrected chi connectivity index (χ2v) is 3.95. The third-order valence-corrected chi connectivity index (χ3v) is 2.01. The third kappa shape index (κ3) is 5.62. The summed E-state index contributed by atoms with van der Waals surface area (Å²) in [6, 6.07) is 8.71. The van der Waals surface area contributed by atoms with Crippen molar-refractivity contribution >= 4 is 59.0 Å². The van der Waals surface area contributed by atoms with E-state index in [1.165, 1.54) is 0 Å². The van der Waals surface area contributed by atoms with Crippen molar-refractivity contribution in [1.82, 2.24) is 0 Å². The average molecular weight is 212 g/mol. The summed E-state index contributed by atoms with van der Waals surface area (Å²) in [6.07, 6.45) is -0.173. The molecule has 0 aromatic heterocycles. The molecule has 0 atom stereocenters. The zero-order valence-electron chi connectivity index (χ0n) is 5.84. The Bertz CT molecular complexity index is 269. The van der Waals surface area contributed by atoms with Crippen LogP contribution in [-0.4, -0.2) is 61.2 Å². The summed E-state index contributed by atoms with van der Waals surface area (Å²) in [5, 5.41) is 0. The van der Waals surface area contributed by atoms with Gasteiger partial charge in [-0.1, -0.05) is 30.3 Å². The van der Waals surface area contributed by atoms with E-state index in [1.807, 2.05) is 6.07 Å². The molecule has 0 spiro atoms. The third-order valence-electron chi connectivity index (χ3n) is 1.23. The Labute approximate surface area is 114 Å². The Morgan fingerprint density at radius 1 is 1.17 bits per heavy atom. The van der Waals surface area contributed by atoms with Crippen LogP contribution in [0.25, 0.3) is 0 Å². The van der Waals surface area contributed by atoms with E-state index in [9.17, 15) is 4.57 Å². The van der Waals surface area contributed by atoms with Crippen LogP contribution >= 0.6 is 7.60 Å². The van der Waals surface area contributed by atoms with Crippen molar-refractivity contribution < 1.29 is 14.4 Å². The summed E-state index contributed by atoms with van der Waals surface area (Å²) in [5.74, 6) is 0. The van der Waals surface area contributed by atoms with E-state index in [2.05, 4.69) is 0 Å². The van der Waals surface area contributed by atoms with Crippen molar-refractivity contribution in [2.24, 2.45) is 0 Å². The van der Waals surface area contributed by atoms with E-state index >= 15 is 0 Å². The molecule has 1 rings (SSSR count). The molecule has 1 aromatic carbocycles. The van der Waals surface area contributed by atoms with Crippen LogP contribution in [0.2, 0.25) is 0 Å². The van der Waals surface area contributed by atoms with Gasteiger partial charge in [-0.05, 0) is 5.56 Å². The van der Waals surface area contributed by atoms with Crippen molar-refractivity contribution in [3.63, 3.8) is 0 Å². The molecule has 0 aliphatic heterocycles. The van der Waals surface area contributed by atoms with Gasteiger partial charge >= 0.3 is 59.0 Å². The van der Waals surface area contributed by atoms with Crippen LogP contribution in [0.5, 0.6) is 0 Å². The van der Waals surface area contributed by atoms with Crippen molar-refractivity contribution in [3.05, 3.63) is 35.9 Å². The average Bonchev–Trinajstić information content (AvgIpc) is 1.85. The first kappa shape index (κ1) is 13.0. The quantitative estimate of drug-likeness (QED) is 0.561. The maximum absolute atomic E-state index is 10.5. The molecule has 5 heteroatoms. The Morgan fingerprint density at radius 2 is 1.67 bits per heavy atom. The second-order valence-electron chi connectivity index (χ2n) is 2.31. The Hall–Kier alpha value is 1.01. The number of rotatable bonds is 2. The summed E-state index contributed by atoms with van der Waals surface area (Å²) in [7, 11) is -3.89. The first-order valence-electron chi connectivity index (χ1n) is 3.16. The molecule has 62 valence electrons. The molecule has 0 aliphatic carbocycles. The van der Waals surface area contributed by atoms with Crippen molar-refractivity contribution in [1.29, 1.82) is 0 Å². The number of benzene rings is 1. The molecule has 0 unspecified atom stereocenters. The Balaban J connectivity index is 0.00000121. The van der Waals surface area contributed by atoms with Gasteiger partial charge in [-0.25, -0.2) is 0 Å². The van der Waals surface area contributed by atoms with Gasteiger partial charge in [-0.15, -0.1) is 0 Å². The van der Waals surface area contributed by atoms with Gasteiger partial charge in [-0.2, -0.15) is 0 Å². The first-order chi connectivity index (χ1) is 5.08. The van der Waals surface area contributed by atoms with E-state index < -0.39 is 7.60 Å². The van der Waals surface area contributed by atoms with Crippen LogP contribution in [0.15, 0.2) is 30.3 Å². The van der Waals surface area contributed by atoms with Gasteiger partial charge in [0.2, 0.25) is 0 Å². The SMILES string of the molecule is O=P(O)(O)Cc1ccccc1.[KH]. The minimum atomic E-state index is -3.89. The molecule has 0 radical (unpaired) electrons. The summed E-state index contributed by atoms with van der Waals surface area (Å²) in [4.78, 5) is 17.2. The number of hydrogen-bond acceptors (Lipinski definition) is 1. The molecular formula is C7H10KO3P. The van der Waals surface area contributed by atoms with Crippen LogP contribution in [0, 0.1) is 0 Å². The van der Waals surface area contributed by atoms with Gasteiger partial charge < -0.3 is 9.79 Å². The van der Waals surface area contributed by atoms with Gasteiger partial charge in [0.25, 0.3) is 0 Å². The van der Waals surface area contributed by atoms with Crippen LogP contribution in [-0.2, 0) is 10.7 Å². The topological polar surface area (TPSA) is 57.5 Å². The van der Waals surface area contributed by atoms with E-state index in [0.29, 0.717) is 5.56 Å². The summed E-state index contributed by atoms with van der Waals surface area (Å²) >= 11 is 0. The first-order valence-corrected chi connectivity index (χ1v) is 4.96. The zero-order chi connectivity index (χ0) is 8.32. The fourth-order valence-corrected chi connectivity index (χ4v) is 1.51. The van der Waals surface area contributed by atoms with E-state index in [1.54, 1.807) is 24.3 Å². The van der Waals surface area contributed by atoms with Gasteiger partial charge in [0.05, 0.1) is 6.16 Å². The van der Waals surface area contributed by atoms with Crippen molar-refractivity contribution in [2.75, 3.05) is 0 Å². The van der Waals surface area contributed by atoms with Crippen molar-refractivity contribution in [2.45, 2.75) is 6.16 Å². The molecule has 0 bridgehead atoms. The normalized spacial score (nSPS) is 10.5. The molecule has 0 saturated heterocycles. The van der Waals surface area contributed by atoms with E-state index in [-0.39, 0.29) is 57.5 Å². The molecule has 1 aromatic rings. The summed E-state index contributed by atoms with van der Waals surface area (Å²) in [5.41, 5.74) is 0.667. The fraction of sp³-hybridized carbons (Fsp3) is 0.143. The molecule has 0 aliphatic rings. The van der Waals surface area contributed by atoms with Crippen LogP contribution < -0.4 is 0 Å². The van der Waals surface area contributed by atoms with Gasteiger partial charge in [-0.3, -0.25) is 4.57 Å². The van der Waals surface area contributed by atoms with E-state index in [0.717, 1.165) is 0 Å². The second kappa shape index (κ2) is 5.68. The summed E-state index contributed by atoms with van der Waals surface area (Å²) < 4.78 is 10.5. The molecule has 12 heavy (non-hydrogen) atoms. The summed E-state index contributed by atoms with van der Waals surface area (Å²) in [6.45, 7) is 0. The molecule has 3 nitrogen and oxygen atoms in total. The standard InChI is InChI=1S/C7H9O3P.K.H/c8-11(9,10)6-7-4-2-1-3-5-7;;/h1-5H,6H2,(H2,8,9,10);;. The molecular weight excluding hydrogens is 202 g/mol. The monoisotopic (exact) mass is 212 g/mol. The predicted molar refractivity (Wildman–Crippen MR) is 49.3 cm³/mol. The molecule has 0 amide bonds. The van der Waals surface area contributed by atoms with E-state index in [4.69, 9.17) is 9.79 Å². The Morgan fingerprint density at radius 3 is 2.08 bits per heavy atom. The van der Waals surface area contributed by atoms with Crippen LogP contribution in [0.1, 0.15) is 5.56 Å². The molecule has 0 saturated carbocycles. The molecule has 2 N–H and O–H groups in total. The van der Waals surface area contributed by atoms with Gasteiger partial charge in [0.1, 0.15) is 0 Å². The zero-order valence-corrected chi connectivity index (χ0v) is 6.74. The molecule has 0 fully saturated rings. The van der Waals surface area contributed by atoms with Crippen molar-refractivity contribution in [3.8, 4) is 0 Å². The molecule has 0 heterocycles. The number of hydrogen-bond donors (Lipinski definition) is 2. The van der Waals surface area contributed by atoms with Gasteiger partial charge in [0, 0.05) is 0 Å². The predicted octanol–water partition coefficient (Wildman–Crippen LogP) is 0.716.